The largest absolute Gasteiger partial charge is 0.208 e. The summed E-state index contributed by atoms with van der Waals surface area (Å²) in [5.74, 6) is 5.95. The highest BCUT2D eigenvalue weighted by Crippen LogP contribution is 2.57. The minimum atomic E-state index is -0.187. The molecular formula is C136H97N9. The smallest absolute Gasteiger partial charge is 0.164 e. The van der Waals surface area contributed by atoms with Gasteiger partial charge in [0.15, 0.2) is 52.4 Å². The summed E-state index contributed by atoms with van der Waals surface area (Å²) in [7, 11) is 0. The number of hydrogen-bond acceptors (Lipinski definition) is 9. The lowest BCUT2D eigenvalue weighted by Gasteiger charge is -2.24. The summed E-state index contributed by atoms with van der Waals surface area (Å²) in [6.45, 7) is 14.1. The zero-order valence-electron chi connectivity index (χ0n) is 81.1. The molecule has 0 saturated heterocycles. The first kappa shape index (κ1) is 88.1. The van der Waals surface area contributed by atoms with Crippen molar-refractivity contribution in [2.75, 3.05) is 0 Å². The standard InChI is InChI=1S/2C46H33N3.C44H31N3/c1-46(2)41-21-13-12-20-36(41)40-29-38(32-16-8-4-9-17-32)39-28-35(26-27-37(39)42(40)46)45-48-43(33-18-10-5-11-19-33)47-44(49-45)34-24-22-31(23-25-34)30-14-6-3-7-15-30;1-46(2)41-29-35(31-15-8-4-9-16-31)25-26-37(41)39-28-27-36-38(42(39)46)19-12-20-40(36)45-48-43(33-17-10-5-11-18-33)47-44(49-45)34-23-21-32(22-24-34)30-13-6-3-7-14-30;1-44(2)39-25-23-32(35-19-11-17-28-12-9-10-18-34(28)35)26-38(39)36-24-22-29-20-21-33(27-37(29)40(36)44)43-46-41(30-13-5-3-6-14-30)45-42(47-43)31-15-7-4-8-16-31/h2*3-29H,1-2H3;3-27H,1-2H3. The summed E-state index contributed by atoms with van der Waals surface area (Å²) in [4.78, 5) is 45.4. The van der Waals surface area contributed by atoms with Crippen molar-refractivity contribution in [1.82, 2.24) is 44.9 Å². The van der Waals surface area contributed by atoms with Crippen LogP contribution >= 0.6 is 0 Å². The van der Waals surface area contributed by atoms with Gasteiger partial charge >= 0.3 is 0 Å². The molecule has 9 nitrogen and oxygen atoms in total. The van der Waals surface area contributed by atoms with E-state index < -0.39 is 0 Å². The zero-order chi connectivity index (χ0) is 97.4. The van der Waals surface area contributed by atoms with Gasteiger partial charge in [-0.2, -0.15) is 0 Å². The normalized spacial score (nSPS) is 12.9. The first-order chi connectivity index (χ1) is 71.1. The average Bonchev–Trinajstić information content (AvgIpc) is 1.56. The van der Waals surface area contributed by atoms with Gasteiger partial charge in [-0.3, -0.25) is 0 Å². The van der Waals surface area contributed by atoms with Crippen molar-refractivity contribution in [2.24, 2.45) is 0 Å². The lowest BCUT2D eigenvalue weighted by molar-refractivity contribution is 0.666. The Labute approximate surface area is 843 Å². The van der Waals surface area contributed by atoms with Crippen molar-refractivity contribution in [3.8, 4) is 192 Å². The second kappa shape index (κ2) is 36.4. The molecule has 3 aliphatic rings. The van der Waals surface area contributed by atoms with Crippen LogP contribution in [0.3, 0.4) is 0 Å². The van der Waals surface area contributed by atoms with E-state index in [-0.39, 0.29) is 16.2 Å². The van der Waals surface area contributed by atoms with Crippen LogP contribution in [0.25, 0.3) is 235 Å². The molecule has 0 radical (unpaired) electrons. The Hall–Kier alpha value is -18.3. The Morgan fingerprint density at radius 1 is 0.124 bits per heavy atom. The van der Waals surface area contributed by atoms with Gasteiger partial charge in [-0.05, 0) is 196 Å². The minimum absolute atomic E-state index is 0.131. The predicted molar refractivity (Wildman–Crippen MR) is 598 cm³/mol. The molecule has 0 aliphatic heterocycles. The molecular weight excluding hydrogens is 1760 g/mol. The van der Waals surface area contributed by atoms with E-state index in [1.54, 1.807) is 0 Å². The molecule has 27 rings (SSSR count). The van der Waals surface area contributed by atoms with Crippen LogP contribution in [0, 0.1) is 0 Å². The number of benzene rings is 21. The molecule has 0 fully saturated rings. The van der Waals surface area contributed by atoms with E-state index in [4.69, 9.17) is 44.9 Å². The number of aromatic nitrogens is 9. The van der Waals surface area contributed by atoms with Crippen molar-refractivity contribution in [3.05, 3.63) is 513 Å². The Morgan fingerprint density at radius 3 is 0.952 bits per heavy atom. The fourth-order valence-electron chi connectivity index (χ4n) is 22.4. The van der Waals surface area contributed by atoms with Crippen molar-refractivity contribution >= 4 is 43.1 Å². The first-order valence-corrected chi connectivity index (χ1v) is 49.7. The highest BCUT2D eigenvalue weighted by atomic mass is 15.1. The zero-order valence-corrected chi connectivity index (χ0v) is 81.1. The van der Waals surface area contributed by atoms with Gasteiger partial charge in [0.2, 0.25) is 0 Å². The van der Waals surface area contributed by atoms with Crippen LogP contribution in [-0.4, -0.2) is 44.9 Å². The number of fused-ring (bicyclic) bond motifs is 16. The van der Waals surface area contributed by atoms with E-state index in [9.17, 15) is 0 Å². The van der Waals surface area contributed by atoms with E-state index in [0.717, 1.165) is 66.6 Å². The molecule has 0 amide bonds. The van der Waals surface area contributed by atoms with Gasteiger partial charge in [-0.25, -0.2) is 44.9 Å². The van der Waals surface area contributed by atoms with Crippen LogP contribution in [0.2, 0.25) is 0 Å². The molecule has 21 aromatic carbocycles. The molecule has 0 saturated carbocycles. The number of nitrogens with zero attached hydrogens (tertiary/aromatic N) is 9. The van der Waals surface area contributed by atoms with Crippen LogP contribution < -0.4 is 0 Å². The van der Waals surface area contributed by atoms with Crippen LogP contribution in [0.1, 0.15) is 74.9 Å². The fourth-order valence-corrected chi connectivity index (χ4v) is 22.4. The summed E-state index contributed by atoms with van der Waals surface area (Å²) < 4.78 is 0. The summed E-state index contributed by atoms with van der Waals surface area (Å²) in [6.07, 6.45) is 0. The Balaban J connectivity index is 0.000000114. The molecule has 3 aromatic heterocycles. The Kier molecular flexibility index (Phi) is 22.1. The van der Waals surface area contributed by atoms with Gasteiger partial charge in [0.1, 0.15) is 0 Å². The predicted octanol–water partition coefficient (Wildman–Crippen LogP) is 34.5. The van der Waals surface area contributed by atoms with Gasteiger partial charge in [0.05, 0.1) is 0 Å². The molecule has 0 atom stereocenters. The van der Waals surface area contributed by atoms with Gasteiger partial charge in [0, 0.05) is 66.3 Å². The maximum Gasteiger partial charge on any atom is 0.164 e. The SMILES string of the molecule is CC1(C)c2cc(-c3ccccc3)ccc2-c2ccc3c(-c4nc(-c5ccccc5)nc(-c5ccc(-c6ccccc6)cc5)n4)cccc3c21.CC1(C)c2ccc(-c3cccc4ccccc34)cc2-c2ccc3ccc(-c4nc(-c5ccccc5)nc(-c5ccccc5)n4)cc3c21.CC1(C)c2ccccc2-c2cc(-c3ccccc3)c3cc(-c4nc(-c5ccccc5)nc(-c5ccc(-c6ccccc6)cc5)n4)ccc3c21. The molecule has 686 valence electrons. The van der Waals surface area contributed by atoms with Gasteiger partial charge < -0.3 is 0 Å². The third-order valence-electron chi connectivity index (χ3n) is 29.5. The number of hydrogen-bond donors (Lipinski definition) is 0. The van der Waals surface area contributed by atoms with Crippen LogP contribution in [-0.2, 0) is 16.2 Å². The Morgan fingerprint density at radius 2 is 0.421 bits per heavy atom. The van der Waals surface area contributed by atoms with Crippen molar-refractivity contribution in [2.45, 2.75) is 57.8 Å². The highest BCUT2D eigenvalue weighted by Gasteiger charge is 2.41. The van der Waals surface area contributed by atoms with E-state index in [1.165, 1.54) is 149 Å². The average molecular weight is 1860 g/mol. The summed E-state index contributed by atoms with van der Waals surface area (Å²) in [5.41, 5.74) is 36.2. The maximum atomic E-state index is 5.14. The van der Waals surface area contributed by atoms with Crippen molar-refractivity contribution < 1.29 is 0 Å². The van der Waals surface area contributed by atoms with Gasteiger partial charge in [-0.15, -0.1) is 0 Å². The quantitative estimate of drug-likeness (QED) is 0.105. The van der Waals surface area contributed by atoms with E-state index in [0.29, 0.717) is 52.4 Å². The molecule has 9 heteroatoms. The van der Waals surface area contributed by atoms with E-state index >= 15 is 0 Å². The maximum absolute atomic E-state index is 5.14. The molecule has 3 heterocycles. The van der Waals surface area contributed by atoms with E-state index in [1.807, 2.05) is 109 Å². The second-order valence-electron chi connectivity index (χ2n) is 39.4. The third kappa shape index (κ3) is 16.1. The van der Waals surface area contributed by atoms with Crippen molar-refractivity contribution in [3.63, 3.8) is 0 Å². The topological polar surface area (TPSA) is 116 Å². The second-order valence-corrected chi connectivity index (χ2v) is 39.4. The number of rotatable bonds is 14. The highest BCUT2D eigenvalue weighted by molar-refractivity contribution is 6.09. The van der Waals surface area contributed by atoms with Crippen LogP contribution in [0.4, 0.5) is 0 Å². The van der Waals surface area contributed by atoms with Crippen LogP contribution in [0.15, 0.2) is 479 Å². The summed E-state index contributed by atoms with van der Waals surface area (Å²) in [6, 6.07) is 169. The summed E-state index contributed by atoms with van der Waals surface area (Å²) >= 11 is 0. The molecule has 0 spiro atoms. The summed E-state index contributed by atoms with van der Waals surface area (Å²) in [5, 5.41) is 9.80. The van der Waals surface area contributed by atoms with Gasteiger partial charge in [-0.1, -0.05) is 490 Å². The molecule has 145 heavy (non-hydrogen) atoms. The van der Waals surface area contributed by atoms with Crippen molar-refractivity contribution in [1.29, 1.82) is 0 Å². The molecule has 0 unspecified atom stereocenters. The first-order valence-electron chi connectivity index (χ1n) is 49.7. The lowest BCUT2D eigenvalue weighted by atomic mass is 9.79. The molecule has 24 aromatic rings. The fraction of sp³-hybridized carbons (Fsp3) is 0.0662. The Bertz CT molecular complexity index is 9070. The minimum Gasteiger partial charge on any atom is -0.208 e. The molecule has 3 aliphatic carbocycles. The molecule has 0 bridgehead atoms. The van der Waals surface area contributed by atoms with E-state index in [2.05, 4.69) is 412 Å². The lowest BCUT2D eigenvalue weighted by Crippen LogP contribution is -2.15. The third-order valence-corrected chi connectivity index (χ3v) is 29.5. The van der Waals surface area contributed by atoms with Gasteiger partial charge in [0.25, 0.3) is 0 Å². The molecule has 0 N–H and O–H groups in total. The monoisotopic (exact) mass is 1860 g/mol. The van der Waals surface area contributed by atoms with Crippen LogP contribution in [0.5, 0.6) is 0 Å².